The Bertz CT molecular complexity index is 323. The van der Waals surface area contributed by atoms with Gasteiger partial charge in [-0.2, -0.15) is 0 Å². The van der Waals surface area contributed by atoms with Crippen molar-refractivity contribution in [3.63, 3.8) is 0 Å². The lowest BCUT2D eigenvalue weighted by atomic mass is 10.1. The van der Waals surface area contributed by atoms with E-state index in [0.29, 0.717) is 5.92 Å². The van der Waals surface area contributed by atoms with Crippen LogP contribution in [0.3, 0.4) is 0 Å². The second-order valence-corrected chi connectivity index (χ2v) is 5.50. The number of rotatable bonds is 1. The lowest BCUT2D eigenvalue weighted by Gasteiger charge is -2.30. The van der Waals surface area contributed by atoms with Crippen molar-refractivity contribution in [2.24, 2.45) is 5.92 Å². The molecule has 1 aromatic carbocycles. The van der Waals surface area contributed by atoms with Crippen LogP contribution in [0.4, 0.5) is 5.69 Å². The van der Waals surface area contributed by atoms with Crippen molar-refractivity contribution < 1.29 is 0 Å². The van der Waals surface area contributed by atoms with Gasteiger partial charge in [-0.25, -0.2) is 0 Å². The monoisotopic (exact) mass is 282 g/mol. The third-order valence-electron chi connectivity index (χ3n) is 3.00. The molecule has 88 valence electrons. The minimum absolute atomic E-state index is 0.712. The van der Waals surface area contributed by atoms with E-state index in [4.69, 9.17) is 0 Å². The van der Waals surface area contributed by atoms with Crippen molar-refractivity contribution in [2.45, 2.75) is 13.3 Å². The number of nitrogens with one attached hydrogen (secondary N) is 1. The van der Waals surface area contributed by atoms with Crippen molar-refractivity contribution in [2.75, 3.05) is 31.1 Å². The fraction of sp³-hybridized carbons (Fsp3) is 0.538. The molecule has 2 nitrogen and oxygen atoms in total. The molecule has 0 saturated carbocycles. The molecule has 1 aliphatic rings. The Balaban J connectivity index is 2.08. The zero-order valence-corrected chi connectivity index (χ0v) is 11.3. The highest BCUT2D eigenvalue weighted by atomic mass is 79.9. The van der Waals surface area contributed by atoms with Crippen LogP contribution in [0.15, 0.2) is 28.7 Å². The van der Waals surface area contributed by atoms with E-state index >= 15 is 0 Å². The van der Waals surface area contributed by atoms with E-state index in [1.807, 2.05) is 0 Å². The molecule has 0 spiro atoms. The van der Waals surface area contributed by atoms with E-state index < -0.39 is 0 Å². The Morgan fingerprint density at radius 1 is 1.31 bits per heavy atom. The standard InChI is InChI=1S/C13H19BrN2/c1-11-9-15-7-2-8-16(10-11)13-5-3-12(14)4-6-13/h3-6,11,15H,2,7-10H2,1H3. The van der Waals surface area contributed by atoms with E-state index in [1.54, 1.807) is 0 Å². The molecule has 1 unspecified atom stereocenters. The minimum Gasteiger partial charge on any atom is -0.371 e. The highest BCUT2D eigenvalue weighted by Crippen LogP contribution is 2.20. The van der Waals surface area contributed by atoms with Gasteiger partial charge in [0.05, 0.1) is 0 Å². The van der Waals surface area contributed by atoms with Gasteiger partial charge in [-0.05, 0) is 49.7 Å². The third kappa shape index (κ3) is 3.22. The molecule has 1 atom stereocenters. The highest BCUT2D eigenvalue weighted by molar-refractivity contribution is 9.10. The summed E-state index contributed by atoms with van der Waals surface area (Å²) in [6.07, 6.45) is 1.22. The molecule has 0 amide bonds. The highest BCUT2D eigenvalue weighted by Gasteiger charge is 2.13. The quantitative estimate of drug-likeness (QED) is 0.852. The number of benzene rings is 1. The molecule has 0 aromatic heterocycles. The first-order valence-electron chi connectivity index (χ1n) is 5.97. The van der Waals surface area contributed by atoms with Crippen LogP contribution in [-0.4, -0.2) is 26.2 Å². The Hall–Kier alpha value is -0.540. The second-order valence-electron chi connectivity index (χ2n) is 4.59. The summed E-state index contributed by atoms with van der Waals surface area (Å²) in [5.74, 6) is 0.712. The molecule has 1 fully saturated rings. The zero-order chi connectivity index (χ0) is 11.4. The van der Waals surface area contributed by atoms with Crippen molar-refractivity contribution in [3.05, 3.63) is 28.7 Å². The maximum Gasteiger partial charge on any atom is 0.0367 e. The lowest BCUT2D eigenvalue weighted by Crippen LogP contribution is -2.38. The zero-order valence-electron chi connectivity index (χ0n) is 9.75. The lowest BCUT2D eigenvalue weighted by molar-refractivity contribution is 0.468. The summed E-state index contributed by atoms with van der Waals surface area (Å²) in [7, 11) is 0. The van der Waals surface area contributed by atoms with Crippen LogP contribution < -0.4 is 10.2 Å². The summed E-state index contributed by atoms with van der Waals surface area (Å²) < 4.78 is 1.15. The Morgan fingerprint density at radius 3 is 2.81 bits per heavy atom. The molecule has 1 aromatic rings. The van der Waals surface area contributed by atoms with E-state index in [0.717, 1.165) is 30.7 Å². The topological polar surface area (TPSA) is 15.3 Å². The van der Waals surface area contributed by atoms with Crippen molar-refractivity contribution in [1.82, 2.24) is 5.32 Å². The average molecular weight is 283 g/mol. The molecule has 0 radical (unpaired) electrons. The van der Waals surface area contributed by atoms with Crippen molar-refractivity contribution in [1.29, 1.82) is 0 Å². The summed E-state index contributed by atoms with van der Waals surface area (Å²) in [6.45, 7) is 6.88. The Labute approximate surface area is 106 Å². The first-order chi connectivity index (χ1) is 7.75. The summed E-state index contributed by atoms with van der Waals surface area (Å²) in [4.78, 5) is 2.50. The van der Waals surface area contributed by atoms with Gasteiger partial charge in [-0.1, -0.05) is 22.9 Å². The van der Waals surface area contributed by atoms with Gasteiger partial charge in [0, 0.05) is 23.2 Å². The number of hydrogen-bond donors (Lipinski definition) is 1. The van der Waals surface area contributed by atoms with Gasteiger partial charge >= 0.3 is 0 Å². The molecule has 1 saturated heterocycles. The second kappa shape index (κ2) is 5.69. The first kappa shape index (κ1) is 11.9. The summed E-state index contributed by atoms with van der Waals surface area (Å²) in [6, 6.07) is 8.64. The number of halogens is 1. The minimum atomic E-state index is 0.712. The molecule has 0 bridgehead atoms. The van der Waals surface area contributed by atoms with Crippen LogP contribution in [0.2, 0.25) is 0 Å². The fourth-order valence-electron chi connectivity index (χ4n) is 2.16. The SMILES string of the molecule is CC1CNCCCN(c2ccc(Br)cc2)C1. The molecule has 1 N–H and O–H groups in total. The Morgan fingerprint density at radius 2 is 2.06 bits per heavy atom. The Kier molecular flexibility index (Phi) is 4.24. The van der Waals surface area contributed by atoms with E-state index in [9.17, 15) is 0 Å². The maximum absolute atomic E-state index is 3.48. The number of anilines is 1. The number of hydrogen-bond acceptors (Lipinski definition) is 2. The molecule has 16 heavy (non-hydrogen) atoms. The van der Waals surface area contributed by atoms with Gasteiger partial charge in [0.15, 0.2) is 0 Å². The van der Waals surface area contributed by atoms with Gasteiger partial charge in [0.2, 0.25) is 0 Å². The van der Waals surface area contributed by atoms with Crippen LogP contribution >= 0.6 is 15.9 Å². The molecular weight excluding hydrogens is 264 g/mol. The molecule has 1 aliphatic heterocycles. The van der Waals surface area contributed by atoms with Gasteiger partial charge in [-0.3, -0.25) is 0 Å². The smallest absolute Gasteiger partial charge is 0.0367 e. The molecule has 0 aliphatic carbocycles. The number of nitrogens with zero attached hydrogens (tertiary/aromatic N) is 1. The van der Waals surface area contributed by atoms with Gasteiger partial charge < -0.3 is 10.2 Å². The fourth-order valence-corrected chi connectivity index (χ4v) is 2.43. The van der Waals surface area contributed by atoms with Crippen LogP contribution in [-0.2, 0) is 0 Å². The summed E-state index contributed by atoms with van der Waals surface area (Å²) in [5.41, 5.74) is 1.34. The molecule has 2 rings (SSSR count). The summed E-state index contributed by atoms with van der Waals surface area (Å²) in [5, 5.41) is 3.48. The van der Waals surface area contributed by atoms with Gasteiger partial charge in [0.25, 0.3) is 0 Å². The molecule has 1 heterocycles. The molecular formula is C13H19BrN2. The molecule has 3 heteroatoms. The summed E-state index contributed by atoms with van der Waals surface area (Å²) >= 11 is 3.48. The van der Waals surface area contributed by atoms with Crippen molar-refractivity contribution in [3.8, 4) is 0 Å². The largest absolute Gasteiger partial charge is 0.371 e. The van der Waals surface area contributed by atoms with Crippen LogP contribution in [0.1, 0.15) is 13.3 Å². The van der Waals surface area contributed by atoms with E-state index in [2.05, 4.69) is 57.3 Å². The third-order valence-corrected chi connectivity index (χ3v) is 3.53. The van der Waals surface area contributed by atoms with Crippen LogP contribution in [0, 0.1) is 5.92 Å². The maximum atomic E-state index is 3.48. The first-order valence-corrected chi connectivity index (χ1v) is 6.76. The van der Waals surface area contributed by atoms with Crippen molar-refractivity contribution >= 4 is 21.6 Å². The predicted molar refractivity (Wildman–Crippen MR) is 73.0 cm³/mol. The van der Waals surface area contributed by atoms with Gasteiger partial charge in [0.1, 0.15) is 0 Å². The average Bonchev–Trinajstić information content (AvgIpc) is 2.24. The van der Waals surface area contributed by atoms with E-state index in [-0.39, 0.29) is 0 Å². The predicted octanol–water partition coefficient (Wildman–Crippen LogP) is 2.88. The van der Waals surface area contributed by atoms with Gasteiger partial charge in [-0.15, -0.1) is 0 Å². The van der Waals surface area contributed by atoms with Crippen LogP contribution in [0.25, 0.3) is 0 Å². The van der Waals surface area contributed by atoms with Crippen LogP contribution in [0.5, 0.6) is 0 Å². The normalized spacial score (nSPS) is 22.6. The van der Waals surface area contributed by atoms with E-state index in [1.165, 1.54) is 12.1 Å².